The summed E-state index contributed by atoms with van der Waals surface area (Å²) in [5, 5.41) is 0. The van der Waals surface area contributed by atoms with Crippen molar-refractivity contribution in [2.45, 2.75) is 25.7 Å². The van der Waals surface area contributed by atoms with Crippen molar-refractivity contribution < 1.29 is 0 Å². The standard InChI is InChI=1S/C12H21N/c1-4-11(2)5-6-12-7-9-13(3)10-8-12/h4,12H,1-2,5-10H2,3H3. The fourth-order valence-electron chi connectivity index (χ4n) is 1.84. The van der Waals surface area contributed by atoms with E-state index < -0.39 is 0 Å². The average Bonchev–Trinajstić information content (AvgIpc) is 2.16. The predicted molar refractivity (Wildman–Crippen MR) is 58.8 cm³/mol. The molecule has 0 aromatic carbocycles. The summed E-state index contributed by atoms with van der Waals surface area (Å²) in [7, 11) is 2.21. The zero-order valence-corrected chi connectivity index (χ0v) is 8.76. The topological polar surface area (TPSA) is 3.24 Å². The second kappa shape index (κ2) is 5.23. The zero-order chi connectivity index (χ0) is 9.68. The molecule has 74 valence electrons. The van der Waals surface area contributed by atoms with E-state index in [-0.39, 0.29) is 0 Å². The molecule has 0 N–H and O–H groups in total. The molecule has 0 radical (unpaired) electrons. The van der Waals surface area contributed by atoms with Crippen LogP contribution in [0.5, 0.6) is 0 Å². The number of rotatable bonds is 4. The third kappa shape index (κ3) is 3.77. The average molecular weight is 179 g/mol. The van der Waals surface area contributed by atoms with Crippen molar-refractivity contribution in [2.75, 3.05) is 20.1 Å². The van der Waals surface area contributed by atoms with Crippen LogP contribution >= 0.6 is 0 Å². The zero-order valence-electron chi connectivity index (χ0n) is 8.76. The van der Waals surface area contributed by atoms with E-state index in [0.717, 1.165) is 12.3 Å². The first-order valence-electron chi connectivity index (χ1n) is 5.21. The van der Waals surface area contributed by atoms with Crippen molar-refractivity contribution in [3.05, 3.63) is 24.8 Å². The summed E-state index contributed by atoms with van der Waals surface area (Å²) >= 11 is 0. The molecule has 0 atom stereocenters. The smallest absolute Gasteiger partial charge is 0.00191 e. The minimum Gasteiger partial charge on any atom is -0.306 e. The van der Waals surface area contributed by atoms with Gasteiger partial charge in [0.2, 0.25) is 0 Å². The van der Waals surface area contributed by atoms with Crippen molar-refractivity contribution in [3.8, 4) is 0 Å². The molecule has 0 bridgehead atoms. The van der Waals surface area contributed by atoms with Gasteiger partial charge in [-0.25, -0.2) is 0 Å². The highest BCUT2D eigenvalue weighted by molar-refractivity contribution is 5.10. The second-order valence-electron chi connectivity index (χ2n) is 4.15. The molecule has 1 rings (SSSR count). The van der Waals surface area contributed by atoms with Crippen LogP contribution in [0.3, 0.4) is 0 Å². The normalized spacial score (nSPS) is 20.1. The van der Waals surface area contributed by atoms with Crippen LogP contribution in [0.2, 0.25) is 0 Å². The van der Waals surface area contributed by atoms with Crippen molar-refractivity contribution in [3.63, 3.8) is 0 Å². The number of hydrogen-bond acceptors (Lipinski definition) is 1. The van der Waals surface area contributed by atoms with Crippen LogP contribution in [0.1, 0.15) is 25.7 Å². The van der Waals surface area contributed by atoms with Gasteiger partial charge < -0.3 is 4.90 Å². The molecule has 13 heavy (non-hydrogen) atoms. The van der Waals surface area contributed by atoms with E-state index in [1.54, 1.807) is 0 Å². The fourth-order valence-corrected chi connectivity index (χ4v) is 1.84. The van der Waals surface area contributed by atoms with Crippen molar-refractivity contribution in [2.24, 2.45) is 5.92 Å². The van der Waals surface area contributed by atoms with Crippen LogP contribution in [-0.4, -0.2) is 25.0 Å². The number of allylic oxidation sites excluding steroid dienone is 2. The first kappa shape index (κ1) is 10.5. The Kier molecular flexibility index (Phi) is 4.23. The maximum atomic E-state index is 3.94. The number of nitrogens with zero attached hydrogens (tertiary/aromatic N) is 1. The first-order valence-corrected chi connectivity index (χ1v) is 5.21. The molecule has 1 nitrogen and oxygen atoms in total. The quantitative estimate of drug-likeness (QED) is 0.600. The van der Waals surface area contributed by atoms with E-state index in [1.165, 1.54) is 37.9 Å². The van der Waals surface area contributed by atoms with E-state index >= 15 is 0 Å². The summed E-state index contributed by atoms with van der Waals surface area (Å²) in [4.78, 5) is 2.42. The molecule has 1 heterocycles. The molecule has 0 aromatic heterocycles. The van der Waals surface area contributed by atoms with Crippen molar-refractivity contribution >= 4 is 0 Å². The fraction of sp³-hybridized carbons (Fsp3) is 0.667. The predicted octanol–water partition coefficient (Wildman–Crippen LogP) is 2.85. The molecule has 0 spiro atoms. The maximum Gasteiger partial charge on any atom is -0.00191 e. The van der Waals surface area contributed by atoms with Gasteiger partial charge >= 0.3 is 0 Å². The molecule has 0 aromatic rings. The van der Waals surface area contributed by atoms with E-state index in [0.29, 0.717) is 0 Å². The largest absolute Gasteiger partial charge is 0.306 e. The molecule has 1 aliphatic rings. The Hall–Kier alpha value is -0.560. The summed E-state index contributed by atoms with van der Waals surface area (Å²) in [6.07, 6.45) is 7.05. The molecule has 1 aliphatic heterocycles. The Balaban J connectivity index is 2.15. The highest BCUT2D eigenvalue weighted by Gasteiger charge is 2.15. The molecule has 0 amide bonds. The van der Waals surface area contributed by atoms with Gasteiger partial charge in [0, 0.05) is 0 Å². The Morgan fingerprint density at radius 3 is 2.62 bits per heavy atom. The highest BCUT2D eigenvalue weighted by atomic mass is 15.1. The van der Waals surface area contributed by atoms with Gasteiger partial charge in [0.1, 0.15) is 0 Å². The molecular weight excluding hydrogens is 158 g/mol. The minimum atomic E-state index is 0.924. The molecule has 1 fully saturated rings. The minimum absolute atomic E-state index is 0.924. The number of piperidine rings is 1. The van der Waals surface area contributed by atoms with Gasteiger partial charge in [-0.15, -0.1) is 0 Å². The van der Waals surface area contributed by atoms with Crippen LogP contribution in [0.25, 0.3) is 0 Å². The molecule has 1 heteroatoms. The summed E-state index contributed by atoms with van der Waals surface area (Å²) < 4.78 is 0. The lowest BCUT2D eigenvalue weighted by Gasteiger charge is -2.28. The summed E-state index contributed by atoms with van der Waals surface area (Å²) in [6, 6.07) is 0. The van der Waals surface area contributed by atoms with Gasteiger partial charge in [0.15, 0.2) is 0 Å². The van der Waals surface area contributed by atoms with Crippen LogP contribution < -0.4 is 0 Å². The SMILES string of the molecule is C=CC(=C)CCC1CCN(C)CC1. The lowest BCUT2D eigenvalue weighted by molar-refractivity contribution is 0.213. The second-order valence-corrected chi connectivity index (χ2v) is 4.15. The van der Waals surface area contributed by atoms with Crippen molar-refractivity contribution in [1.82, 2.24) is 4.90 Å². The van der Waals surface area contributed by atoms with E-state index in [2.05, 4.69) is 25.1 Å². The lowest BCUT2D eigenvalue weighted by Crippen LogP contribution is -2.30. The molecule has 0 unspecified atom stereocenters. The first-order chi connectivity index (χ1) is 6.22. The van der Waals surface area contributed by atoms with E-state index in [9.17, 15) is 0 Å². The van der Waals surface area contributed by atoms with E-state index in [4.69, 9.17) is 0 Å². The third-order valence-corrected chi connectivity index (χ3v) is 3.00. The summed E-state index contributed by atoms with van der Waals surface area (Å²) in [6.45, 7) is 10.2. The van der Waals surface area contributed by atoms with Crippen LogP contribution in [-0.2, 0) is 0 Å². The Morgan fingerprint density at radius 2 is 2.08 bits per heavy atom. The van der Waals surface area contributed by atoms with Gasteiger partial charge in [-0.05, 0) is 51.7 Å². The Bertz CT molecular complexity index is 176. The van der Waals surface area contributed by atoms with Gasteiger partial charge in [0.05, 0.1) is 0 Å². The Labute approximate surface area is 82.1 Å². The lowest BCUT2D eigenvalue weighted by atomic mass is 9.91. The van der Waals surface area contributed by atoms with Gasteiger partial charge in [-0.2, -0.15) is 0 Å². The van der Waals surface area contributed by atoms with E-state index in [1.807, 2.05) is 6.08 Å². The molecule has 1 saturated heterocycles. The number of hydrogen-bond donors (Lipinski definition) is 0. The number of likely N-dealkylation sites (tertiary alicyclic amines) is 1. The van der Waals surface area contributed by atoms with Gasteiger partial charge in [-0.1, -0.05) is 24.8 Å². The van der Waals surface area contributed by atoms with Crippen LogP contribution in [0.4, 0.5) is 0 Å². The maximum absolute atomic E-state index is 3.94. The molecule has 0 aliphatic carbocycles. The van der Waals surface area contributed by atoms with Gasteiger partial charge in [-0.3, -0.25) is 0 Å². The van der Waals surface area contributed by atoms with Crippen LogP contribution in [0, 0.1) is 5.92 Å². The molecular formula is C12H21N. The highest BCUT2D eigenvalue weighted by Crippen LogP contribution is 2.22. The van der Waals surface area contributed by atoms with Gasteiger partial charge in [0.25, 0.3) is 0 Å². The monoisotopic (exact) mass is 179 g/mol. The third-order valence-electron chi connectivity index (χ3n) is 3.00. The summed E-state index contributed by atoms with van der Waals surface area (Å²) in [5.74, 6) is 0.924. The van der Waals surface area contributed by atoms with Crippen molar-refractivity contribution in [1.29, 1.82) is 0 Å². The van der Waals surface area contributed by atoms with Crippen LogP contribution in [0.15, 0.2) is 24.8 Å². The Morgan fingerprint density at radius 1 is 1.46 bits per heavy atom. The summed E-state index contributed by atoms with van der Waals surface area (Å²) in [5.41, 5.74) is 1.19. The molecule has 0 saturated carbocycles.